The third kappa shape index (κ3) is 6.88. The topological polar surface area (TPSA) is 86.9 Å². The summed E-state index contributed by atoms with van der Waals surface area (Å²) in [5.74, 6) is -2.92. The third-order valence-corrected chi connectivity index (χ3v) is 5.59. The Morgan fingerprint density at radius 1 is 1.07 bits per heavy atom. The summed E-state index contributed by atoms with van der Waals surface area (Å²) in [6.45, 7) is 4.50. The van der Waals surface area contributed by atoms with Gasteiger partial charge in [-0.15, -0.1) is 0 Å². The summed E-state index contributed by atoms with van der Waals surface area (Å²) in [7, 11) is 0. The van der Waals surface area contributed by atoms with Crippen molar-refractivity contribution in [3.63, 3.8) is 0 Å². The van der Waals surface area contributed by atoms with Crippen LogP contribution in [0.3, 0.4) is 0 Å². The molecule has 29 heavy (non-hydrogen) atoms. The van der Waals surface area contributed by atoms with Crippen molar-refractivity contribution in [1.82, 2.24) is 9.80 Å². The number of likely N-dealkylation sites (tertiary alicyclic amines) is 2. The van der Waals surface area contributed by atoms with Gasteiger partial charge in [-0.25, -0.2) is 14.0 Å². The molecule has 2 aliphatic rings. The monoisotopic (exact) mass is 419 g/mol. The first-order valence-corrected chi connectivity index (χ1v) is 9.32. The number of carbonyl (C=O) groups is 2. The van der Waals surface area contributed by atoms with E-state index in [1.165, 1.54) is 6.07 Å². The second-order valence-electron chi connectivity index (χ2n) is 7.53. The number of amides is 2. The van der Waals surface area contributed by atoms with Crippen LogP contribution in [0.2, 0.25) is 0 Å². The molecule has 2 saturated heterocycles. The van der Waals surface area contributed by atoms with Crippen LogP contribution in [0, 0.1) is 11.2 Å². The van der Waals surface area contributed by atoms with Crippen molar-refractivity contribution in [3.05, 3.63) is 35.6 Å². The molecule has 2 aliphatic heterocycles. The molecule has 10 heteroatoms. The van der Waals surface area contributed by atoms with E-state index in [1.807, 2.05) is 6.07 Å². The molecule has 0 unspecified atom stereocenters. The summed E-state index contributed by atoms with van der Waals surface area (Å²) in [5.41, 5.74) is 6.77. The van der Waals surface area contributed by atoms with Gasteiger partial charge in [0.15, 0.2) is 0 Å². The van der Waals surface area contributed by atoms with Gasteiger partial charge in [0.05, 0.1) is 0 Å². The molecule has 2 amide bonds. The van der Waals surface area contributed by atoms with E-state index >= 15 is 0 Å². The molecule has 1 aromatic rings. The van der Waals surface area contributed by atoms with Crippen LogP contribution < -0.4 is 5.73 Å². The van der Waals surface area contributed by atoms with Gasteiger partial charge in [-0.1, -0.05) is 12.1 Å². The van der Waals surface area contributed by atoms with Crippen LogP contribution in [0.25, 0.3) is 0 Å². The van der Waals surface area contributed by atoms with Crippen LogP contribution in [0.5, 0.6) is 0 Å². The summed E-state index contributed by atoms with van der Waals surface area (Å²) in [5, 5.41) is 7.12. The molecule has 0 aromatic heterocycles. The number of carbonyl (C=O) groups excluding carboxylic acids is 1. The fourth-order valence-corrected chi connectivity index (χ4v) is 3.78. The Hall–Kier alpha value is -2.36. The molecule has 3 N–H and O–H groups in total. The highest BCUT2D eigenvalue weighted by molar-refractivity contribution is 5.73. The van der Waals surface area contributed by atoms with Gasteiger partial charge >= 0.3 is 18.2 Å². The van der Waals surface area contributed by atoms with Crippen LogP contribution >= 0.6 is 0 Å². The average molecular weight is 419 g/mol. The Morgan fingerprint density at radius 3 is 2.03 bits per heavy atom. The lowest BCUT2D eigenvalue weighted by Gasteiger charge is -2.46. The number of benzene rings is 1. The number of halogens is 4. The zero-order valence-corrected chi connectivity index (χ0v) is 15.9. The average Bonchev–Trinajstić information content (AvgIpc) is 2.64. The largest absolute Gasteiger partial charge is 0.490 e. The molecule has 6 nitrogen and oxygen atoms in total. The molecule has 162 valence electrons. The second kappa shape index (κ2) is 9.43. The van der Waals surface area contributed by atoms with Crippen LogP contribution in [0.1, 0.15) is 31.2 Å². The van der Waals surface area contributed by atoms with Crippen LogP contribution in [-0.4, -0.2) is 59.3 Å². The van der Waals surface area contributed by atoms with E-state index in [1.54, 1.807) is 17.0 Å². The Labute approximate surface area is 166 Å². The quantitative estimate of drug-likeness (QED) is 0.721. The van der Waals surface area contributed by atoms with Gasteiger partial charge in [-0.05, 0) is 61.9 Å². The summed E-state index contributed by atoms with van der Waals surface area (Å²) in [4.78, 5) is 24.3. The van der Waals surface area contributed by atoms with Crippen molar-refractivity contribution in [2.45, 2.75) is 38.4 Å². The van der Waals surface area contributed by atoms with Gasteiger partial charge in [0, 0.05) is 19.6 Å². The molecule has 2 fully saturated rings. The zero-order chi connectivity index (χ0) is 21.7. The van der Waals surface area contributed by atoms with E-state index < -0.39 is 12.1 Å². The Kier molecular flexibility index (Phi) is 7.45. The van der Waals surface area contributed by atoms with E-state index in [2.05, 4.69) is 4.90 Å². The van der Waals surface area contributed by atoms with Crippen LogP contribution in [0.4, 0.5) is 22.4 Å². The highest BCUT2D eigenvalue weighted by atomic mass is 19.4. The van der Waals surface area contributed by atoms with E-state index in [0.717, 1.165) is 64.0 Å². The van der Waals surface area contributed by atoms with Gasteiger partial charge in [-0.3, -0.25) is 4.90 Å². The lowest BCUT2D eigenvalue weighted by Crippen LogP contribution is -2.49. The fraction of sp³-hybridized carbons (Fsp3) is 0.579. The number of carboxylic acid groups (broad SMARTS) is 1. The number of piperidine rings is 2. The standard InChI is InChI=1S/C17H24FN3O.C2HF3O2/c18-15-3-1-2-14(12-15)13-20-8-4-17(5-9-20)6-10-21(11-7-17)16(19)22;3-2(4,5)1(6)7/h1-3,12H,4-11,13H2,(H2,19,22);(H,6,7). The lowest BCUT2D eigenvalue weighted by atomic mass is 9.71. The molecular weight excluding hydrogens is 394 g/mol. The van der Waals surface area contributed by atoms with E-state index in [9.17, 15) is 22.4 Å². The summed E-state index contributed by atoms with van der Waals surface area (Å²) < 4.78 is 45.0. The molecule has 1 spiro atoms. The van der Waals surface area contributed by atoms with Gasteiger partial charge < -0.3 is 15.7 Å². The smallest absolute Gasteiger partial charge is 0.475 e. The third-order valence-electron chi connectivity index (χ3n) is 5.59. The molecular formula is C19H25F4N3O3. The predicted molar refractivity (Wildman–Crippen MR) is 97.4 cm³/mol. The predicted octanol–water partition coefficient (Wildman–Crippen LogP) is 3.22. The van der Waals surface area contributed by atoms with Crippen LogP contribution in [-0.2, 0) is 11.3 Å². The first-order chi connectivity index (χ1) is 13.5. The van der Waals surface area contributed by atoms with E-state index in [4.69, 9.17) is 15.6 Å². The number of hydrogen-bond acceptors (Lipinski definition) is 3. The molecule has 0 radical (unpaired) electrons. The molecule has 0 bridgehead atoms. The number of nitrogens with zero attached hydrogens (tertiary/aromatic N) is 2. The Balaban J connectivity index is 0.000000370. The maximum absolute atomic E-state index is 13.2. The normalized spacial score (nSPS) is 19.4. The van der Waals surface area contributed by atoms with Crippen molar-refractivity contribution in [2.24, 2.45) is 11.1 Å². The number of aliphatic carboxylic acids is 1. The maximum atomic E-state index is 13.2. The number of alkyl halides is 3. The molecule has 0 atom stereocenters. The van der Waals surface area contributed by atoms with Gasteiger partial charge in [0.1, 0.15) is 5.82 Å². The van der Waals surface area contributed by atoms with Crippen LogP contribution in [0.15, 0.2) is 24.3 Å². The second-order valence-corrected chi connectivity index (χ2v) is 7.53. The minimum Gasteiger partial charge on any atom is -0.475 e. The minimum absolute atomic E-state index is 0.162. The van der Waals surface area contributed by atoms with Gasteiger partial charge in [0.25, 0.3) is 0 Å². The van der Waals surface area contributed by atoms with Gasteiger partial charge in [0.2, 0.25) is 0 Å². The molecule has 1 aromatic carbocycles. The first kappa shape index (κ1) is 22.9. The highest BCUT2D eigenvalue weighted by Gasteiger charge is 2.39. The zero-order valence-electron chi connectivity index (χ0n) is 15.9. The number of nitrogens with two attached hydrogens (primary N) is 1. The lowest BCUT2D eigenvalue weighted by molar-refractivity contribution is -0.192. The van der Waals surface area contributed by atoms with Crippen molar-refractivity contribution in [1.29, 1.82) is 0 Å². The van der Waals surface area contributed by atoms with Crippen molar-refractivity contribution >= 4 is 12.0 Å². The summed E-state index contributed by atoms with van der Waals surface area (Å²) in [6, 6.07) is 6.57. The van der Waals surface area contributed by atoms with E-state index in [-0.39, 0.29) is 11.8 Å². The maximum Gasteiger partial charge on any atom is 0.490 e. The van der Waals surface area contributed by atoms with E-state index in [0.29, 0.717) is 5.41 Å². The molecule has 2 heterocycles. The fourth-order valence-electron chi connectivity index (χ4n) is 3.78. The highest BCUT2D eigenvalue weighted by Crippen LogP contribution is 2.41. The van der Waals surface area contributed by atoms with Crippen molar-refractivity contribution < 1.29 is 32.3 Å². The molecule has 3 rings (SSSR count). The summed E-state index contributed by atoms with van der Waals surface area (Å²) in [6.07, 6.45) is -0.642. The van der Waals surface area contributed by atoms with Crippen molar-refractivity contribution in [2.75, 3.05) is 26.2 Å². The molecule has 0 saturated carbocycles. The van der Waals surface area contributed by atoms with Gasteiger partial charge in [-0.2, -0.15) is 13.2 Å². The van der Waals surface area contributed by atoms with Crippen molar-refractivity contribution in [3.8, 4) is 0 Å². The Morgan fingerprint density at radius 2 is 1.59 bits per heavy atom. The Bertz CT molecular complexity index is 709. The minimum atomic E-state index is -5.08. The summed E-state index contributed by atoms with van der Waals surface area (Å²) >= 11 is 0. The number of urea groups is 1. The molecule has 0 aliphatic carbocycles. The number of hydrogen-bond donors (Lipinski definition) is 2. The first-order valence-electron chi connectivity index (χ1n) is 9.32. The number of carboxylic acids is 1. The number of rotatable bonds is 2. The number of primary amides is 1. The SMILES string of the molecule is NC(=O)N1CCC2(CCN(Cc3cccc(F)c3)CC2)CC1.O=C(O)C(F)(F)F.